The van der Waals surface area contributed by atoms with E-state index in [4.69, 9.17) is 9.84 Å². The molecule has 4 heteroatoms. The Balaban J connectivity index is 1.78. The average Bonchev–Trinajstić information content (AvgIpc) is 3.10. The van der Waals surface area contributed by atoms with Gasteiger partial charge in [-0.2, -0.15) is 0 Å². The number of rotatable bonds is 6. The first-order valence-corrected chi connectivity index (χ1v) is 8.71. The zero-order chi connectivity index (χ0) is 18.4. The van der Waals surface area contributed by atoms with Gasteiger partial charge in [0.25, 0.3) is 0 Å². The van der Waals surface area contributed by atoms with Crippen LogP contribution in [-0.4, -0.2) is 16.7 Å². The number of ether oxygens (including phenoxy) is 1. The summed E-state index contributed by atoms with van der Waals surface area (Å²) in [5.74, 6) is -1.66. The molecule has 0 saturated heterocycles. The molecule has 1 saturated carbocycles. The second-order valence-corrected chi connectivity index (χ2v) is 6.45. The molecule has 3 rings (SSSR count). The van der Waals surface area contributed by atoms with Crippen molar-refractivity contribution in [2.45, 2.75) is 31.3 Å². The molecule has 134 valence electrons. The summed E-state index contributed by atoms with van der Waals surface area (Å²) >= 11 is 0. The van der Waals surface area contributed by atoms with Gasteiger partial charge in [0.15, 0.2) is 11.6 Å². The molecule has 0 heterocycles. The van der Waals surface area contributed by atoms with E-state index >= 15 is 0 Å². The zero-order valence-electron chi connectivity index (χ0n) is 14.4. The van der Waals surface area contributed by atoms with Gasteiger partial charge in [0.2, 0.25) is 0 Å². The predicted octanol–water partition coefficient (Wildman–Crippen LogP) is 5.49. The quantitative estimate of drug-likeness (QED) is 0.700. The van der Waals surface area contributed by atoms with Gasteiger partial charge in [-0.1, -0.05) is 48.6 Å². The molecule has 0 amide bonds. The van der Waals surface area contributed by atoms with Crippen molar-refractivity contribution in [2.75, 3.05) is 0 Å². The van der Waals surface area contributed by atoms with E-state index in [2.05, 4.69) is 0 Å². The van der Waals surface area contributed by atoms with Crippen molar-refractivity contribution in [3.63, 3.8) is 0 Å². The topological polar surface area (TPSA) is 46.5 Å². The molecular weight excluding hydrogens is 331 g/mol. The van der Waals surface area contributed by atoms with Gasteiger partial charge in [-0.25, -0.2) is 9.18 Å². The summed E-state index contributed by atoms with van der Waals surface area (Å²) in [6.45, 7) is 0. The van der Waals surface area contributed by atoms with Crippen LogP contribution >= 0.6 is 0 Å². The van der Waals surface area contributed by atoms with Gasteiger partial charge in [-0.05, 0) is 55.5 Å². The number of carboxylic acid groups (broad SMARTS) is 1. The van der Waals surface area contributed by atoms with Crippen LogP contribution in [0, 0.1) is 5.82 Å². The second-order valence-electron chi connectivity index (χ2n) is 6.45. The Labute approximate surface area is 152 Å². The molecule has 1 N–H and O–H groups in total. The number of aromatic carboxylic acids is 1. The molecule has 0 aromatic heterocycles. The van der Waals surface area contributed by atoms with E-state index in [9.17, 15) is 9.18 Å². The molecule has 0 atom stereocenters. The smallest absolute Gasteiger partial charge is 0.335 e. The minimum atomic E-state index is -1.10. The van der Waals surface area contributed by atoms with Crippen LogP contribution in [0.2, 0.25) is 0 Å². The molecule has 0 spiro atoms. The Hall–Kier alpha value is -2.88. The van der Waals surface area contributed by atoms with Gasteiger partial charge < -0.3 is 9.84 Å². The average molecular weight is 352 g/mol. The molecule has 1 fully saturated rings. The third kappa shape index (κ3) is 4.39. The zero-order valence-corrected chi connectivity index (χ0v) is 14.4. The van der Waals surface area contributed by atoms with Crippen LogP contribution in [0.5, 0.6) is 5.75 Å². The van der Waals surface area contributed by atoms with Crippen molar-refractivity contribution in [3.8, 4) is 5.75 Å². The third-order valence-electron chi connectivity index (χ3n) is 4.54. The van der Waals surface area contributed by atoms with Gasteiger partial charge >= 0.3 is 5.97 Å². The Morgan fingerprint density at radius 3 is 2.50 bits per heavy atom. The molecule has 2 aromatic rings. The van der Waals surface area contributed by atoms with E-state index in [1.807, 2.05) is 54.6 Å². The first-order valence-electron chi connectivity index (χ1n) is 8.71. The van der Waals surface area contributed by atoms with Crippen LogP contribution < -0.4 is 4.74 Å². The van der Waals surface area contributed by atoms with Crippen molar-refractivity contribution in [2.24, 2.45) is 0 Å². The van der Waals surface area contributed by atoms with Crippen molar-refractivity contribution >= 4 is 12.0 Å². The highest BCUT2D eigenvalue weighted by molar-refractivity contribution is 5.88. The monoisotopic (exact) mass is 352 g/mol. The second kappa shape index (κ2) is 8.00. The molecule has 2 aromatic carbocycles. The molecule has 0 bridgehead atoms. The summed E-state index contributed by atoms with van der Waals surface area (Å²) in [5, 5.41) is 9.11. The molecule has 26 heavy (non-hydrogen) atoms. The van der Waals surface area contributed by atoms with Crippen molar-refractivity contribution in [3.05, 3.63) is 83.7 Å². The molecule has 3 nitrogen and oxygen atoms in total. The fourth-order valence-corrected chi connectivity index (χ4v) is 3.17. The number of hydrogen-bond acceptors (Lipinski definition) is 2. The predicted molar refractivity (Wildman–Crippen MR) is 99.8 cm³/mol. The highest BCUT2D eigenvalue weighted by Crippen LogP contribution is 2.37. The molecule has 1 aliphatic rings. The van der Waals surface area contributed by atoms with Crippen LogP contribution in [0.4, 0.5) is 4.39 Å². The Kier molecular flexibility index (Phi) is 5.52. The lowest BCUT2D eigenvalue weighted by Crippen LogP contribution is -2.30. The molecular formula is C22H21FO3. The molecule has 0 aliphatic heterocycles. The maximum Gasteiger partial charge on any atom is 0.335 e. The van der Waals surface area contributed by atoms with Crippen molar-refractivity contribution in [1.29, 1.82) is 0 Å². The number of allylic oxidation sites excluding steroid dienone is 2. The van der Waals surface area contributed by atoms with Gasteiger partial charge in [0.1, 0.15) is 5.60 Å². The fraction of sp³-hybridized carbons (Fsp3) is 0.227. The van der Waals surface area contributed by atoms with E-state index < -0.39 is 17.4 Å². The Morgan fingerprint density at radius 2 is 1.81 bits per heavy atom. The van der Waals surface area contributed by atoms with Crippen molar-refractivity contribution < 1.29 is 19.0 Å². The van der Waals surface area contributed by atoms with Gasteiger partial charge in [0, 0.05) is 0 Å². The lowest BCUT2D eigenvalue weighted by molar-refractivity contribution is 0.0694. The number of carbonyl (C=O) groups is 1. The largest absolute Gasteiger partial charge is 0.480 e. The van der Waals surface area contributed by atoms with Gasteiger partial charge in [0.05, 0.1) is 5.56 Å². The number of halogens is 1. The fourth-order valence-electron chi connectivity index (χ4n) is 3.17. The summed E-state index contributed by atoms with van der Waals surface area (Å²) in [6.07, 6.45) is 11.3. The minimum absolute atomic E-state index is 0.0107. The summed E-state index contributed by atoms with van der Waals surface area (Å²) in [6, 6.07) is 13.6. The SMILES string of the molecule is O=C(O)c1ccc(F)c(OC2(/C=C/C=C\c3ccccc3)CCCC2)c1. The summed E-state index contributed by atoms with van der Waals surface area (Å²) < 4.78 is 20.1. The number of hydrogen-bond donors (Lipinski definition) is 1. The van der Waals surface area contributed by atoms with E-state index in [0.717, 1.165) is 37.3 Å². The van der Waals surface area contributed by atoms with E-state index in [0.29, 0.717) is 0 Å². The van der Waals surface area contributed by atoms with Crippen LogP contribution in [0.15, 0.2) is 66.8 Å². The van der Waals surface area contributed by atoms with Gasteiger partial charge in [-0.3, -0.25) is 0 Å². The maximum absolute atomic E-state index is 14.1. The maximum atomic E-state index is 14.1. The standard InChI is InChI=1S/C22H21FO3/c23-19-12-11-18(21(24)25)16-20(19)26-22(14-6-7-15-22)13-5-4-10-17-8-2-1-3-9-17/h1-5,8-13,16H,6-7,14-15H2,(H,24,25)/b10-4-,13-5+. The van der Waals surface area contributed by atoms with E-state index in [1.165, 1.54) is 12.1 Å². The first kappa shape index (κ1) is 17.9. The number of carboxylic acids is 1. The van der Waals surface area contributed by atoms with E-state index in [1.54, 1.807) is 0 Å². The third-order valence-corrected chi connectivity index (χ3v) is 4.54. The van der Waals surface area contributed by atoms with Crippen molar-refractivity contribution in [1.82, 2.24) is 0 Å². The van der Waals surface area contributed by atoms with Crippen LogP contribution in [0.1, 0.15) is 41.6 Å². The lowest BCUT2D eigenvalue weighted by atomic mass is 10.0. The summed E-state index contributed by atoms with van der Waals surface area (Å²) in [7, 11) is 0. The summed E-state index contributed by atoms with van der Waals surface area (Å²) in [4.78, 5) is 11.1. The molecule has 0 unspecified atom stereocenters. The molecule has 1 aliphatic carbocycles. The van der Waals surface area contributed by atoms with Crippen LogP contribution in [0.25, 0.3) is 6.08 Å². The molecule has 0 radical (unpaired) electrons. The lowest BCUT2D eigenvalue weighted by Gasteiger charge is -2.27. The van der Waals surface area contributed by atoms with Crippen LogP contribution in [0.3, 0.4) is 0 Å². The minimum Gasteiger partial charge on any atom is -0.480 e. The Bertz CT molecular complexity index is 819. The summed E-state index contributed by atoms with van der Waals surface area (Å²) in [5.41, 5.74) is 0.514. The number of benzene rings is 2. The van der Waals surface area contributed by atoms with Crippen LogP contribution in [-0.2, 0) is 0 Å². The van der Waals surface area contributed by atoms with E-state index in [-0.39, 0.29) is 11.3 Å². The van der Waals surface area contributed by atoms with Gasteiger partial charge in [-0.15, -0.1) is 0 Å². The normalized spacial score (nSPS) is 16.3. The highest BCUT2D eigenvalue weighted by Gasteiger charge is 2.34. The Morgan fingerprint density at radius 1 is 1.08 bits per heavy atom. The first-order chi connectivity index (χ1) is 12.6. The highest BCUT2D eigenvalue weighted by atomic mass is 19.1.